The lowest BCUT2D eigenvalue weighted by Gasteiger charge is -2.33. The summed E-state index contributed by atoms with van der Waals surface area (Å²) >= 11 is 0. The van der Waals surface area contributed by atoms with E-state index in [1.165, 1.54) is 12.0 Å². The Bertz CT molecular complexity index is 469. The highest BCUT2D eigenvalue weighted by atomic mass is 16.5. The number of rotatable bonds is 3. The van der Waals surface area contributed by atoms with Gasteiger partial charge in [0.1, 0.15) is 5.69 Å². The van der Waals surface area contributed by atoms with Gasteiger partial charge >= 0.3 is 5.97 Å². The molecular weight excluding hydrogens is 248 g/mol. The first-order valence-corrected chi connectivity index (χ1v) is 6.30. The minimum atomic E-state index is -0.661. The molecule has 0 spiro atoms. The minimum Gasteiger partial charge on any atom is -0.467 e. The fraction of sp³-hybridized carbons (Fsp3) is 0.538. The Labute approximate surface area is 111 Å². The smallest absolute Gasteiger partial charge is 0.331 e. The summed E-state index contributed by atoms with van der Waals surface area (Å²) in [5.74, 6) is -0.604. The third-order valence-electron chi connectivity index (χ3n) is 3.25. The van der Waals surface area contributed by atoms with Gasteiger partial charge in [0.25, 0.3) is 5.91 Å². The van der Waals surface area contributed by atoms with Crippen molar-refractivity contribution in [2.45, 2.75) is 19.5 Å². The zero-order valence-corrected chi connectivity index (χ0v) is 11.2. The predicted octanol–water partition coefficient (Wildman–Crippen LogP) is 0.522. The summed E-state index contributed by atoms with van der Waals surface area (Å²) in [4.78, 5) is 25.7. The Morgan fingerprint density at radius 2 is 2.32 bits per heavy atom. The average molecular weight is 266 g/mol. The molecule has 0 saturated carbocycles. The van der Waals surface area contributed by atoms with E-state index in [-0.39, 0.29) is 12.5 Å². The Hall–Kier alpha value is -1.82. The van der Waals surface area contributed by atoms with Crippen molar-refractivity contribution in [3.63, 3.8) is 0 Å². The van der Waals surface area contributed by atoms with Crippen LogP contribution < -0.4 is 0 Å². The van der Waals surface area contributed by atoms with E-state index in [2.05, 4.69) is 0 Å². The number of morpholine rings is 1. The molecule has 1 aromatic rings. The summed E-state index contributed by atoms with van der Waals surface area (Å²) in [5, 5.41) is 0. The van der Waals surface area contributed by atoms with Gasteiger partial charge in [-0.25, -0.2) is 4.79 Å². The molecule has 1 atom stereocenters. The monoisotopic (exact) mass is 266 g/mol. The van der Waals surface area contributed by atoms with Crippen LogP contribution in [-0.2, 0) is 20.8 Å². The van der Waals surface area contributed by atoms with Crippen molar-refractivity contribution in [1.82, 2.24) is 9.47 Å². The second kappa shape index (κ2) is 5.88. The lowest BCUT2D eigenvalue weighted by atomic mass is 10.2. The topological polar surface area (TPSA) is 60.8 Å². The highest BCUT2D eigenvalue weighted by Gasteiger charge is 2.34. The van der Waals surface area contributed by atoms with Gasteiger partial charge in [-0.1, -0.05) is 0 Å². The third-order valence-corrected chi connectivity index (χ3v) is 3.25. The zero-order valence-electron chi connectivity index (χ0n) is 11.2. The molecule has 1 aliphatic rings. The van der Waals surface area contributed by atoms with Gasteiger partial charge in [-0.3, -0.25) is 4.79 Å². The van der Waals surface area contributed by atoms with Crippen LogP contribution in [0.1, 0.15) is 17.4 Å². The molecule has 1 saturated heterocycles. The van der Waals surface area contributed by atoms with Crippen LogP contribution >= 0.6 is 0 Å². The summed E-state index contributed by atoms with van der Waals surface area (Å²) in [6.45, 7) is 3.69. The Morgan fingerprint density at radius 1 is 1.53 bits per heavy atom. The number of carbonyl (C=O) groups is 2. The zero-order chi connectivity index (χ0) is 13.8. The van der Waals surface area contributed by atoms with Gasteiger partial charge in [-0.05, 0) is 19.1 Å². The largest absolute Gasteiger partial charge is 0.467 e. The average Bonchev–Trinajstić information content (AvgIpc) is 2.94. The van der Waals surface area contributed by atoms with E-state index >= 15 is 0 Å². The summed E-state index contributed by atoms with van der Waals surface area (Å²) in [6, 6.07) is 2.92. The summed E-state index contributed by atoms with van der Waals surface area (Å²) in [5.41, 5.74) is 0.582. The molecule has 0 radical (unpaired) electrons. The highest BCUT2D eigenvalue weighted by Crippen LogP contribution is 2.14. The number of aryl methyl sites for hydroxylation is 1. The first kappa shape index (κ1) is 13.6. The fourth-order valence-corrected chi connectivity index (χ4v) is 2.21. The van der Waals surface area contributed by atoms with Crippen LogP contribution in [0, 0.1) is 0 Å². The Balaban J connectivity index is 2.22. The van der Waals surface area contributed by atoms with Crippen molar-refractivity contribution in [2.75, 3.05) is 26.9 Å². The normalized spacial score (nSPS) is 19.3. The van der Waals surface area contributed by atoms with Crippen molar-refractivity contribution >= 4 is 11.9 Å². The Morgan fingerprint density at radius 3 is 3.00 bits per heavy atom. The van der Waals surface area contributed by atoms with E-state index in [9.17, 15) is 9.59 Å². The minimum absolute atomic E-state index is 0.162. The van der Waals surface area contributed by atoms with E-state index in [1.807, 2.05) is 23.8 Å². The van der Waals surface area contributed by atoms with Crippen LogP contribution in [0.2, 0.25) is 0 Å². The van der Waals surface area contributed by atoms with Crippen molar-refractivity contribution in [2.24, 2.45) is 0 Å². The lowest BCUT2D eigenvalue weighted by molar-refractivity contribution is -0.151. The quantitative estimate of drug-likeness (QED) is 0.748. The number of hydrogen-bond donors (Lipinski definition) is 0. The van der Waals surface area contributed by atoms with Gasteiger partial charge in [-0.2, -0.15) is 0 Å². The maximum absolute atomic E-state index is 12.5. The first-order chi connectivity index (χ1) is 9.19. The number of hydrogen-bond acceptors (Lipinski definition) is 4. The summed E-state index contributed by atoms with van der Waals surface area (Å²) in [7, 11) is 1.31. The number of aromatic nitrogens is 1. The fourth-order valence-electron chi connectivity index (χ4n) is 2.21. The van der Waals surface area contributed by atoms with Crippen molar-refractivity contribution < 1.29 is 19.1 Å². The molecule has 6 heteroatoms. The van der Waals surface area contributed by atoms with Crippen LogP contribution in [-0.4, -0.2) is 54.3 Å². The van der Waals surface area contributed by atoms with Crippen LogP contribution in [0.3, 0.4) is 0 Å². The molecule has 6 nitrogen and oxygen atoms in total. The van der Waals surface area contributed by atoms with E-state index in [0.29, 0.717) is 25.4 Å². The number of carbonyl (C=O) groups excluding carboxylic acids is 2. The molecule has 1 fully saturated rings. The van der Waals surface area contributed by atoms with Crippen molar-refractivity contribution in [3.8, 4) is 0 Å². The standard InChI is InChI=1S/C13H18N2O4/c1-3-14-6-4-5-10(14)12(16)15-7-8-19-9-11(15)13(17)18-2/h4-6,11H,3,7-9H2,1-2H3. The predicted molar refractivity (Wildman–Crippen MR) is 67.8 cm³/mol. The van der Waals surface area contributed by atoms with E-state index in [4.69, 9.17) is 9.47 Å². The van der Waals surface area contributed by atoms with Gasteiger partial charge in [0, 0.05) is 19.3 Å². The van der Waals surface area contributed by atoms with Crippen molar-refractivity contribution in [3.05, 3.63) is 24.0 Å². The molecule has 1 amide bonds. The molecule has 0 aromatic carbocycles. The number of nitrogens with zero attached hydrogens (tertiary/aromatic N) is 2. The van der Waals surface area contributed by atoms with E-state index in [1.54, 1.807) is 6.07 Å². The molecule has 0 aliphatic carbocycles. The number of methoxy groups -OCH3 is 1. The van der Waals surface area contributed by atoms with Crippen LogP contribution in [0.25, 0.3) is 0 Å². The van der Waals surface area contributed by atoms with E-state index < -0.39 is 12.0 Å². The van der Waals surface area contributed by atoms with Gasteiger partial charge in [0.05, 0.1) is 20.3 Å². The maximum Gasteiger partial charge on any atom is 0.331 e. The molecule has 104 valence electrons. The molecule has 2 heterocycles. The summed E-state index contributed by atoms with van der Waals surface area (Å²) in [6.07, 6.45) is 1.85. The first-order valence-electron chi connectivity index (χ1n) is 6.30. The van der Waals surface area contributed by atoms with Gasteiger partial charge < -0.3 is 18.9 Å². The van der Waals surface area contributed by atoms with Crippen LogP contribution in [0.15, 0.2) is 18.3 Å². The Kier molecular flexibility index (Phi) is 4.21. The van der Waals surface area contributed by atoms with Crippen LogP contribution in [0.4, 0.5) is 0 Å². The second-order valence-corrected chi connectivity index (χ2v) is 4.29. The lowest BCUT2D eigenvalue weighted by Crippen LogP contribution is -2.53. The molecule has 1 unspecified atom stereocenters. The molecule has 1 aliphatic heterocycles. The molecule has 2 rings (SSSR count). The number of ether oxygens (including phenoxy) is 2. The van der Waals surface area contributed by atoms with Gasteiger partial charge in [-0.15, -0.1) is 0 Å². The highest BCUT2D eigenvalue weighted by molar-refractivity contribution is 5.95. The molecule has 1 aromatic heterocycles. The molecule has 0 bridgehead atoms. The maximum atomic E-state index is 12.5. The molecule has 0 N–H and O–H groups in total. The summed E-state index contributed by atoms with van der Waals surface area (Å²) < 4.78 is 11.8. The van der Waals surface area contributed by atoms with Crippen molar-refractivity contribution in [1.29, 1.82) is 0 Å². The van der Waals surface area contributed by atoms with Gasteiger partial charge in [0.15, 0.2) is 6.04 Å². The van der Waals surface area contributed by atoms with Crippen LogP contribution in [0.5, 0.6) is 0 Å². The van der Waals surface area contributed by atoms with Gasteiger partial charge in [0.2, 0.25) is 0 Å². The third kappa shape index (κ3) is 2.63. The molecule has 19 heavy (non-hydrogen) atoms. The second-order valence-electron chi connectivity index (χ2n) is 4.29. The molecular formula is C13H18N2O4. The number of amides is 1. The number of esters is 1. The van der Waals surface area contributed by atoms with E-state index in [0.717, 1.165) is 0 Å². The SMILES string of the molecule is CCn1cccc1C(=O)N1CCOCC1C(=O)OC.